The number of nitrogens with zero attached hydrogens (tertiary/aromatic N) is 2. The van der Waals surface area contributed by atoms with Crippen LogP contribution in [-0.4, -0.2) is 43.1 Å². The Bertz CT molecular complexity index is 1270. The van der Waals surface area contributed by atoms with Crippen molar-refractivity contribution < 1.29 is 14.0 Å². The van der Waals surface area contributed by atoms with Crippen molar-refractivity contribution >= 4 is 28.9 Å². The van der Waals surface area contributed by atoms with E-state index in [2.05, 4.69) is 15.5 Å². The van der Waals surface area contributed by atoms with Gasteiger partial charge in [-0.3, -0.25) is 14.6 Å². The van der Waals surface area contributed by atoms with E-state index < -0.39 is 11.7 Å². The third-order valence-electron chi connectivity index (χ3n) is 5.81. The molecule has 6 nitrogen and oxygen atoms in total. The lowest BCUT2D eigenvalue weighted by Gasteiger charge is -2.15. The normalized spacial score (nSPS) is 15.2. The Hall–Kier alpha value is -3.84. The van der Waals surface area contributed by atoms with Crippen LogP contribution in [0, 0.1) is 5.82 Å². The van der Waals surface area contributed by atoms with Crippen molar-refractivity contribution in [1.82, 2.24) is 10.2 Å². The van der Waals surface area contributed by atoms with Crippen LogP contribution in [0.25, 0.3) is 0 Å². The second-order valence-corrected chi connectivity index (χ2v) is 8.99. The summed E-state index contributed by atoms with van der Waals surface area (Å²) in [5.74, 6) is -1.39. The summed E-state index contributed by atoms with van der Waals surface area (Å²) in [6, 6.07) is 20.1. The predicted molar refractivity (Wildman–Crippen MR) is 137 cm³/mol. The van der Waals surface area contributed by atoms with Gasteiger partial charge in [0.2, 0.25) is 11.8 Å². The fourth-order valence-electron chi connectivity index (χ4n) is 4.25. The van der Waals surface area contributed by atoms with E-state index in [1.165, 1.54) is 19.1 Å². The van der Waals surface area contributed by atoms with Gasteiger partial charge in [0.25, 0.3) is 0 Å². The van der Waals surface area contributed by atoms with E-state index >= 15 is 0 Å². The number of hydrogen-bond acceptors (Lipinski definition) is 4. The van der Waals surface area contributed by atoms with Crippen LogP contribution < -0.4 is 10.6 Å². The number of carbonyl (C=O) groups excluding carboxylic acids is 2. The van der Waals surface area contributed by atoms with Gasteiger partial charge in [-0.25, -0.2) is 4.39 Å². The Labute approximate surface area is 204 Å². The summed E-state index contributed by atoms with van der Waals surface area (Å²) in [7, 11) is 4.03. The molecule has 0 aromatic heterocycles. The topological polar surface area (TPSA) is 73.8 Å². The van der Waals surface area contributed by atoms with Gasteiger partial charge in [0, 0.05) is 25.7 Å². The summed E-state index contributed by atoms with van der Waals surface area (Å²) in [5, 5.41) is 5.61. The maximum absolute atomic E-state index is 13.8. The van der Waals surface area contributed by atoms with Crippen molar-refractivity contribution in [2.24, 2.45) is 4.99 Å². The van der Waals surface area contributed by atoms with E-state index in [0.717, 1.165) is 28.9 Å². The number of rotatable bonds is 8. The smallest absolute Gasteiger partial charge is 0.238 e. The highest BCUT2D eigenvalue weighted by Gasteiger charge is 2.35. The summed E-state index contributed by atoms with van der Waals surface area (Å²) in [4.78, 5) is 31.4. The van der Waals surface area contributed by atoms with Crippen LogP contribution in [-0.2, 0) is 22.6 Å². The number of benzene rings is 3. The van der Waals surface area contributed by atoms with Crippen LogP contribution in [0.4, 0.5) is 15.8 Å². The molecule has 35 heavy (non-hydrogen) atoms. The van der Waals surface area contributed by atoms with Gasteiger partial charge in [-0.15, -0.1) is 0 Å². The summed E-state index contributed by atoms with van der Waals surface area (Å²) in [6.07, 6.45) is 0.651. The summed E-state index contributed by atoms with van der Waals surface area (Å²) < 4.78 is 13.8. The molecule has 0 spiro atoms. The lowest BCUT2D eigenvalue weighted by molar-refractivity contribution is -0.119. The van der Waals surface area contributed by atoms with Crippen molar-refractivity contribution in [3.63, 3.8) is 0 Å². The van der Waals surface area contributed by atoms with Crippen molar-refractivity contribution in [3.05, 3.63) is 94.8 Å². The lowest BCUT2D eigenvalue weighted by atomic mass is 9.89. The standard InChI is InChI=1S/C28H29FN4O2/c1-18(34)30-14-13-19-5-4-6-21(15-19)27(31-23-10-7-20(8-11-23)17-33(2)3)26-24-12-9-22(29)16-25(24)32-28(26)35/h4-12,15-16,26H,13-14,17H2,1-3H3,(H,30,34)(H,32,35). The second kappa shape index (κ2) is 10.6. The molecule has 0 saturated carbocycles. The van der Waals surface area contributed by atoms with Crippen molar-refractivity contribution in [2.45, 2.75) is 25.8 Å². The summed E-state index contributed by atoms with van der Waals surface area (Å²) in [6.45, 7) is 2.83. The average Bonchev–Trinajstić information content (AvgIpc) is 3.12. The molecule has 1 aliphatic heterocycles. The van der Waals surface area contributed by atoms with E-state index in [9.17, 15) is 14.0 Å². The fraction of sp³-hybridized carbons (Fsp3) is 0.250. The van der Waals surface area contributed by atoms with Crippen LogP contribution in [0.15, 0.2) is 71.7 Å². The molecule has 1 aliphatic rings. The summed E-state index contributed by atoms with van der Waals surface area (Å²) >= 11 is 0. The first-order chi connectivity index (χ1) is 16.8. The van der Waals surface area contributed by atoms with Crippen LogP contribution in [0.5, 0.6) is 0 Å². The van der Waals surface area contributed by atoms with Gasteiger partial charge in [-0.1, -0.05) is 36.4 Å². The molecule has 1 unspecified atom stereocenters. The Morgan fingerprint density at radius 3 is 2.54 bits per heavy atom. The lowest BCUT2D eigenvalue weighted by Crippen LogP contribution is -2.23. The molecule has 0 aliphatic carbocycles. The number of fused-ring (bicyclic) bond motifs is 1. The molecule has 3 aromatic rings. The number of halogens is 1. The molecule has 0 bridgehead atoms. The van der Waals surface area contributed by atoms with Crippen molar-refractivity contribution in [2.75, 3.05) is 26.0 Å². The SMILES string of the molecule is CC(=O)NCCc1cccc(C(=Nc2ccc(CN(C)C)cc2)C2C(=O)Nc3cc(F)ccc32)c1. The zero-order valence-electron chi connectivity index (χ0n) is 20.1. The number of aliphatic imine (C=N–C) groups is 1. The van der Waals surface area contributed by atoms with Crippen LogP contribution >= 0.6 is 0 Å². The first kappa shape index (κ1) is 24.3. The maximum atomic E-state index is 13.8. The van der Waals surface area contributed by atoms with Gasteiger partial charge in [0.1, 0.15) is 11.7 Å². The zero-order chi connectivity index (χ0) is 24.9. The minimum absolute atomic E-state index is 0.0763. The van der Waals surface area contributed by atoms with Crippen molar-refractivity contribution in [3.8, 4) is 0 Å². The van der Waals surface area contributed by atoms with E-state index in [1.807, 2.05) is 62.6 Å². The molecule has 180 valence electrons. The molecular weight excluding hydrogens is 443 g/mol. The Balaban J connectivity index is 1.74. The highest BCUT2D eigenvalue weighted by atomic mass is 19.1. The molecule has 0 radical (unpaired) electrons. The monoisotopic (exact) mass is 472 g/mol. The highest BCUT2D eigenvalue weighted by Crippen LogP contribution is 2.37. The molecule has 1 heterocycles. The third-order valence-corrected chi connectivity index (χ3v) is 5.81. The minimum Gasteiger partial charge on any atom is -0.356 e. The van der Waals surface area contributed by atoms with Gasteiger partial charge in [-0.2, -0.15) is 0 Å². The summed E-state index contributed by atoms with van der Waals surface area (Å²) in [5.41, 5.74) is 5.47. The Morgan fingerprint density at radius 2 is 1.83 bits per heavy atom. The van der Waals surface area contributed by atoms with Gasteiger partial charge < -0.3 is 15.5 Å². The van der Waals surface area contributed by atoms with Crippen LogP contribution in [0.2, 0.25) is 0 Å². The van der Waals surface area contributed by atoms with Gasteiger partial charge >= 0.3 is 0 Å². The third kappa shape index (κ3) is 6.00. The zero-order valence-corrected chi connectivity index (χ0v) is 20.1. The molecule has 0 saturated heterocycles. The molecular formula is C28H29FN4O2. The van der Waals surface area contributed by atoms with Crippen molar-refractivity contribution in [1.29, 1.82) is 0 Å². The largest absolute Gasteiger partial charge is 0.356 e. The van der Waals surface area contributed by atoms with E-state index in [1.54, 1.807) is 6.07 Å². The fourth-order valence-corrected chi connectivity index (χ4v) is 4.25. The van der Waals surface area contributed by atoms with E-state index in [-0.39, 0.29) is 11.8 Å². The number of amides is 2. The second-order valence-electron chi connectivity index (χ2n) is 8.99. The number of nitrogens with one attached hydrogen (secondary N) is 2. The molecule has 4 rings (SSSR count). The minimum atomic E-state index is -0.669. The number of anilines is 1. The van der Waals surface area contributed by atoms with E-state index in [0.29, 0.717) is 29.9 Å². The van der Waals surface area contributed by atoms with Gasteiger partial charge in [-0.05, 0) is 73.1 Å². The molecule has 3 aromatic carbocycles. The molecule has 7 heteroatoms. The number of hydrogen-bond donors (Lipinski definition) is 2. The molecule has 2 N–H and O–H groups in total. The molecule has 2 amide bonds. The van der Waals surface area contributed by atoms with Gasteiger partial charge in [0.15, 0.2) is 0 Å². The highest BCUT2D eigenvalue weighted by molar-refractivity contribution is 6.24. The first-order valence-corrected chi connectivity index (χ1v) is 11.6. The molecule has 0 fully saturated rings. The van der Waals surface area contributed by atoms with E-state index in [4.69, 9.17) is 4.99 Å². The maximum Gasteiger partial charge on any atom is 0.238 e. The quantitative estimate of drug-likeness (QED) is 0.477. The average molecular weight is 473 g/mol. The first-order valence-electron chi connectivity index (χ1n) is 11.6. The van der Waals surface area contributed by atoms with Gasteiger partial charge in [0.05, 0.1) is 11.4 Å². The van der Waals surface area contributed by atoms with Crippen LogP contribution in [0.1, 0.15) is 35.1 Å². The number of carbonyl (C=O) groups is 2. The Kier molecular flexibility index (Phi) is 7.36. The van der Waals surface area contributed by atoms with Crippen LogP contribution in [0.3, 0.4) is 0 Å². The Morgan fingerprint density at radius 1 is 1.06 bits per heavy atom. The molecule has 1 atom stereocenters. The predicted octanol–water partition coefficient (Wildman–Crippen LogP) is 4.42.